The van der Waals surface area contributed by atoms with Gasteiger partial charge in [-0.3, -0.25) is 9.48 Å². The van der Waals surface area contributed by atoms with E-state index < -0.39 is 5.60 Å². The molecular formula is C28H44N2O2. The van der Waals surface area contributed by atoms with Gasteiger partial charge in [-0.15, -0.1) is 0 Å². The molecule has 0 amide bonds. The number of rotatable bonds is 5. The van der Waals surface area contributed by atoms with Gasteiger partial charge in [-0.05, 0) is 119 Å². The SMILES string of the molecule is CCCc1cn(CC(=O)C2CCC3C4CCC5CC(C)(O)CCC5C4CCC23C)nc1C. The summed E-state index contributed by atoms with van der Waals surface area (Å²) >= 11 is 0. The molecule has 0 aromatic carbocycles. The number of ketones is 1. The number of aryl methyl sites for hydroxylation is 2. The van der Waals surface area contributed by atoms with Gasteiger partial charge in [0.1, 0.15) is 0 Å². The standard InChI is InChI=1S/C28H44N2O2/c1-5-6-20-16-30(29-18(20)2)17-26(31)25-10-9-24-23-8-7-19-15-27(3,32)13-11-21(19)22(23)12-14-28(24,25)4/h16,19,21-25,32H,5-15,17H2,1-4H3. The van der Waals surface area contributed by atoms with Crippen LogP contribution in [0.15, 0.2) is 6.20 Å². The average molecular weight is 441 g/mol. The summed E-state index contributed by atoms with van der Waals surface area (Å²) in [6.07, 6.45) is 14.9. The molecule has 4 fully saturated rings. The number of carbonyl (C=O) groups excluding carboxylic acids is 1. The fraction of sp³-hybridized carbons (Fsp3) is 0.857. The highest BCUT2D eigenvalue weighted by atomic mass is 16.3. The first-order chi connectivity index (χ1) is 15.2. The number of Topliss-reactive ketones (excluding diaryl/α,β-unsaturated/α-hetero) is 1. The Morgan fingerprint density at radius 2 is 1.88 bits per heavy atom. The first kappa shape index (κ1) is 22.6. The molecule has 32 heavy (non-hydrogen) atoms. The Balaban J connectivity index is 1.29. The van der Waals surface area contributed by atoms with Crippen molar-refractivity contribution in [1.82, 2.24) is 9.78 Å². The number of aromatic nitrogens is 2. The van der Waals surface area contributed by atoms with Crippen LogP contribution in [0.5, 0.6) is 0 Å². The van der Waals surface area contributed by atoms with Crippen molar-refractivity contribution in [1.29, 1.82) is 0 Å². The molecule has 0 bridgehead atoms. The number of hydrogen-bond donors (Lipinski definition) is 1. The lowest BCUT2D eigenvalue weighted by Gasteiger charge is -2.56. The third kappa shape index (κ3) is 3.79. The quantitative estimate of drug-likeness (QED) is 0.636. The number of aliphatic hydroxyl groups is 1. The second-order valence-corrected chi connectivity index (χ2v) is 12.5. The van der Waals surface area contributed by atoms with Crippen molar-refractivity contribution in [3.8, 4) is 0 Å². The van der Waals surface area contributed by atoms with Crippen molar-refractivity contribution in [2.45, 2.75) is 110 Å². The zero-order valence-corrected chi connectivity index (χ0v) is 20.8. The van der Waals surface area contributed by atoms with E-state index in [1.54, 1.807) is 0 Å². The van der Waals surface area contributed by atoms with E-state index in [0.29, 0.717) is 18.2 Å². The van der Waals surface area contributed by atoms with E-state index in [9.17, 15) is 9.90 Å². The lowest BCUT2D eigenvalue weighted by Crippen LogP contribution is -2.51. The summed E-state index contributed by atoms with van der Waals surface area (Å²) < 4.78 is 1.92. The predicted octanol–water partition coefficient (Wildman–Crippen LogP) is 5.73. The average Bonchev–Trinajstić information content (AvgIpc) is 3.26. The summed E-state index contributed by atoms with van der Waals surface area (Å²) in [5, 5.41) is 15.3. The first-order valence-electron chi connectivity index (χ1n) is 13.5. The minimum Gasteiger partial charge on any atom is -0.390 e. The maximum atomic E-state index is 13.5. The van der Waals surface area contributed by atoms with Crippen LogP contribution in [0.2, 0.25) is 0 Å². The van der Waals surface area contributed by atoms with Crippen LogP contribution in [-0.2, 0) is 17.8 Å². The molecule has 4 aliphatic rings. The second kappa shape index (κ2) is 8.25. The molecule has 4 aliphatic carbocycles. The van der Waals surface area contributed by atoms with E-state index in [2.05, 4.69) is 32.1 Å². The van der Waals surface area contributed by atoms with Gasteiger partial charge in [0, 0.05) is 12.1 Å². The van der Waals surface area contributed by atoms with Gasteiger partial charge >= 0.3 is 0 Å². The summed E-state index contributed by atoms with van der Waals surface area (Å²) in [5.74, 6) is 4.52. The molecule has 1 heterocycles. The van der Waals surface area contributed by atoms with Crippen LogP contribution in [0.25, 0.3) is 0 Å². The molecule has 0 radical (unpaired) electrons. The van der Waals surface area contributed by atoms with Crippen molar-refractivity contribution < 1.29 is 9.90 Å². The molecule has 4 nitrogen and oxygen atoms in total. The minimum atomic E-state index is -0.441. The van der Waals surface area contributed by atoms with Crippen LogP contribution in [0.4, 0.5) is 0 Å². The van der Waals surface area contributed by atoms with E-state index in [1.807, 2.05) is 11.6 Å². The zero-order chi connectivity index (χ0) is 22.7. The zero-order valence-electron chi connectivity index (χ0n) is 20.8. The topological polar surface area (TPSA) is 55.1 Å². The number of hydrogen-bond acceptors (Lipinski definition) is 3. The fourth-order valence-electron chi connectivity index (χ4n) is 9.04. The van der Waals surface area contributed by atoms with Gasteiger partial charge in [0.2, 0.25) is 0 Å². The molecule has 4 heteroatoms. The van der Waals surface area contributed by atoms with Crippen LogP contribution < -0.4 is 0 Å². The van der Waals surface area contributed by atoms with Crippen LogP contribution in [0.3, 0.4) is 0 Å². The van der Waals surface area contributed by atoms with Gasteiger partial charge in [0.05, 0.1) is 17.8 Å². The Labute approximate surface area is 194 Å². The highest BCUT2D eigenvalue weighted by Crippen LogP contribution is 2.64. The van der Waals surface area contributed by atoms with Gasteiger partial charge < -0.3 is 5.11 Å². The molecule has 5 rings (SSSR count). The third-order valence-corrected chi connectivity index (χ3v) is 10.5. The smallest absolute Gasteiger partial charge is 0.157 e. The van der Waals surface area contributed by atoms with Crippen LogP contribution in [-0.4, -0.2) is 26.3 Å². The highest BCUT2D eigenvalue weighted by molar-refractivity contribution is 5.82. The molecule has 1 aromatic heterocycles. The lowest BCUT2D eigenvalue weighted by atomic mass is 9.49. The molecule has 1 N–H and O–H groups in total. The Hall–Kier alpha value is -1.16. The maximum absolute atomic E-state index is 13.5. The van der Waals surface area contributed by atoms with Gasteiger partial charge in [-0.2, -0.15) is 5.10 Å². The third-order valence-electron chi connectivity index (χ3n) is 10.5. The largest absolute Gasteiger partial charge is 0.390 e. The Kier molecular flexibility index (Phi) is 5.83. The van der Waals surface area contributed by atoms with Crippen molar-refractivity contribution in [3.63, 3.8) is 0 Å². The fourth-order valence-corrected chi connectivity index (χ4v) is 9.04. The van der Waals surface area contributed by atoms with Crippen molar-refractivity contribution in [2.24, 2.45) is 40.9 Å². The maximum Gasteiger partial charge on any atom is 0.157 e. The molecule has 1 aromatic rings. The summed E-state index contributed by atoms with van der Waals surface area (Å²) in [5.41, 5.74) is 2.11. The summed E-state index contributed by atoms with van der Waals surface area (Å²) in [4.78, 5) is 13.5. The number of nitrogens with zero attached hydrogens (tertiary/aromatic N) is 2. The van der Waals surface area contributed by atoms with E-state index in [0.717, 1.165) is 61.5 Å². The van der Waals surface area contributed by atoms with E-state index in [-0.39, 0.29) is 11.3 Å². The monoisotopic (exact) mass is 440 g/mol. The molecule has 0 spiro atoms. The minimum absolute atomic E-state index is 0.180. The van der Waals surface area contributed by atoms with Crippen LogP contribution >= 0.6 is 0 Å². The van der Waals surface area contributed by atoms with Gasteiger partial charge in [-0.1, -0.05) is 20.3 Å². The Morgan fingerprint density at radius 3 is 2.66 bits per heavy atom. The number of fused-ring (bicyclic) bond motifs is 5. The molecule has 8 unspecified atom stereocenters. The molecule has 178 valence electrons. The molecule has 4 saturated carbocycles. The Bertz CT molecular complexity index is 858. The summed E-state index contributed by atoms with van der Waals surface area (Å²) in [7, 11) is 0. The first-order valence-corrected chi connectivity index (χ1v) is 13.5. The molecule has 0 aliphatic heterocycles. The second-order valence-electron chi connectivity index (χ2n) is 12.5. The summed E-state index contributed by atoms with van der Waals surface area (Å²) in [6.45, 7) is 9.22. The van der Waals surface area contributed by atoms with Crippen molar-refractivity contribution in [3.05, 3.63) is 17.5 Å². The van der Waals surface area contributed by atoms with Crippen molar-refractivity contribution in [2.75, 3.05) is 0 Å². The van der Waals surface area contributed by atoms with E-state index >= 15 is 0 Å². The van der Waals surface area contributed by atoms with Crippen LogP contribution in [0, 0.1) is 47.8 Å². The van der Waals surface area contributed by atoms with Crippen LogP contribution in [0.1, 0.15) is 96.2 Å². The molecule has 0 saturated heterocycles. The lowest BCUT2D eigenvalue weighted by molar-refractivity contribution is -0.133. The molecular weight excluding hydrogens is 396 g/mol. The van der Waals surface area contributed by atoms with Gasteiger partial charge in [0.25, 0.3) is 0 Å². The molecule has 8 atom stereocenters. The van der Waals surface area contributed by atoms with E-state index in [4.69, 9.17) is 0 Å². The predicted molar refractivity (Wildman–Crippen MR) is 127 cm³/mol. The van der Waals surface area contributed by atoms with Gasteiger partial charge in [0.15, 0.2) is 5.78 Å². The van der Waals surface area contributed by atoms with E-state index in [1.165, 1.54) is 44.1 Å². The Morgan fingerprint density at radius 1 is 1.09 bits per heavy atom. The van der Waals surface area contributed by atoms with Gasteiger partial charge in [-0.25, -0.2) is 0 Å². The summed E-state index contributed by atoms with van der Waals surface area (Å²) in [6, 6.07) is 0. The highest BCUT2D eigenvalue weighted by Gasteiger charge is 2.58. The normalized spacial score (nSPS) is 43.4. The van der Waals surface area contributed by atoms with Crippen molar-refractivity contribution >= 4 is 5.78 Å². The number of carbonyl (C=O) groups is 1.